The van der Waals surface area contributed by atoms with Gasteiger partial charge in [-0.3, -0.25) is 0 Å². The number of rotatable bonds is 16. The van der Waals surface area contributed by atoms with Crippen molar-refractivity contribution in [3.63, 3.8) is 0 Å². The average molecular weight is 431 g/mol. The number of phenolic OH excluding ortho intramolecular Hbond substituents is 1. The molecule has 1 aromatic rings. The third-order valence-corrected chi connectivity index (χ3v) is 6.89. The Hall–Kier alpha value is -1.02. The quantitative estimate of drug-likeness (QED) is 0.210. The van der Waals surface area contributed by atoms with Crippen LogP contribution in [-0.2, 0) is 16.6 Å². The molecule has 0 aromatic heterocycles. The largest absolute Gasteiger partial charge is 0.507 e. The molecule has 2 atom stereocenters. The van der Waals surface area contributed by atoms with Gasteiger partial charge in [0.1, 0.15) is 5.75 Å². The summed E-state index contributed by atoms with van der Waals surface area (Å²) < 4.78 is 5.96. The molecule has 1 heterocycles. The molecule has 178 valence electrons. The molecule has 0 spiro atoms. The molecule has 2 rings (SSSR count). The maximum atomic E-state index is 10.4. The zero-order chi connectivity index (χ0) is 22.7. The molecule has 0 saturated carbocycles. The number of hydrogen-bond acceptors (Lipinski definition) is 2. The van der Waals surface area contributed by atoms with Gasteiger partial charge in [0.15, 0.2) is 0 Å². The topological polar surface area (TPSA) is 32.8 Å². The zero-order valence-electron chi connectivity index (χ0n) is 21.3. The van der Waals surface area contributed by atoms with Crippen molar-refractivity contribution in [1.82, 2.24) is 0 Å². The minimum Gasteiger partial charge on any atom is -0.507 e. The van der Waals surface area contributed by atoms with Crippen LogP contribution in [0.25, 0.3) is 0 Å². The normalized spacial score (nSPS) is 18.5. The summed E-state index contributed by atoms with van der Waals surface area (Å²) in [6.45, 7) is 10.8. The third kappa shape index (κ3) is 9.98. The average Bonchev–Trinajstić information content (AvgIpc) is 3.44. The number of ether oxygens (including phenoxy) is 1. The number of epoxide rings is 1. The minimum atomic E-state index is -0.0384. The molecule has 31 heavy (non-hydrogen) atoms. The number of unbranched alkanes of at least 4 members (excludes halogenated alkanes) is 12. The Labute approximate surface area is 193 Å². The second-order valence-corrected chi connectivity index (χ2v) is 11.0. The summed E-state index contributed by atoms with van der Waals surface area (Å²) in [7, 11) is 0. The first-order valence-electron chi connectivity index (χ1n) is 13.3. The van der Waals surface area contributed by atoms with Crippen LogP contribution in [0.3, 0.4) is 0 Å². The first-order valence-corrected chi connectivity index (χ1v) is 13.3. The lowest BCUT2D eigenvalue weighted by Gasteiger charge is -2.22. The van der Waals surface area contributed by atoms with E-state index in [1.54, 1.807) is 0 Å². The minimum absolute atomic E-state index is 0.0384. The summed E-state index contributed by atoms with van der Waals surface area (Å²) >= 11 is 0. The van der Waals surface area contributed by atoms with Gasteiger partial charge in [0.25, 0.3) is 0 Å². The Morgan fingerprint density at radius 3 is 1.81 bits per heavy atom. The molecule has 0 radical (unpaired) electrons. The number of hydrogen-bond donors (Lipinski definition) is 1. The van der Waals surface area contributed by atoms with E-state index >= 15 is 0 Å². The van der Waals surface area contributed by atoms with Crippen LogP contribution in [0, 0.1) is 6.92 Å². The summed E-state index contributed by atoms with van der Waals surface area (Å²) in [5, 5.41) is 10.4. The molecule has 1 saturated heterocycles. The van der Waals surface area contributed by atoms with Crippen molar-refractivity contribution in [3.05, 3.63) is 28.8 Å². The molecule has 1 N–H and O–H groups in total. The van der Waals surface area contributed by atoms with Crippen molar-refractivity contribution in [1.29, 1.82) is 0 Å². The first-order chi connectivity index (χ1) is 14.8. The van der Waals surface area contributed by atoms with Gasteiger partial charge in [-0.05, 0) is 35.4 Å². The number of phenols is 1. The molecule has 1 aliphatic rings. The highest BCUT2D eigenvalue weighted by Crippen LogP contribution is 2.36. The van der Waals surface area contributed by atoms with E-state index in [-0.39, 0.29) is 5.41 Å². The molecule has 0 bridgehead atoms. The summed E-state index contributed by atoms with van der Waals surface area (Å²) in [6.07, 6.45) is 21.3. The van der Waals surface area contributed by atoms with Crippen molar-refractivity contribution < 1.29 is 9.84 Å². The van der Waals surface area contributed by atoms with Crippen LogP contribution in [0.2, 0.25) is 0 Å². The van der Waals surface area contributed by atoms with E-state index in [1.807, 2.05) is 6.92 Å². The van der Waals surface area contributed by atoms with E-state index in [2.05, 4.69) is 39.8 Å². The lowest BCUT2D eigenvalue weighted by molar-refractivity contribution is 0.356. The van der Waals surface area contributed by atoms with Crippen molar-refractivity contribution in [2.24, 2.45) is 0 Å². The van der Waals surface area contributed by atoms with E-state index < -0.39 is 0 Å². The van der Waals surface area contributed by atoms with Gasteiger partial charge in [-0.2, -0.15) is 0 Å². The Balaban J connectivity index is 1.50. The van der Waals surface area contributed by atoms with Crippen LogP contribution < -0.4 is 0 Å². The zero-order valence-corrected chi connectivity index (χ0v) is 21.3. The first kappa shape index (κ1) is 26.2. The standard InChI is InChI=1S/C29H50O2/c1-6-7-8-9-10-11-12-13-14-15-16-17-18-19-26-27(31-26)22-24-20-23(2)28(30)25(21-24)29(3,4)5/h20-21,26-27,30H,6-19,22H2,1-5H3. The van der Waals surface area contributed by atoms with Gasteiger partial charge in [0.05, 0.1) is 12.2 Å². The Morgan fingerprint density at radius 1 is 0.774 bits per heavy atom. The summed E-state index contributed by atoms with van der Waals surface area (Å²) in [6, 6.07) is 4.32. The van der Waals surface area contributed by atoms with Gasteiger partial charge in [0.2, 0.25) is 0 Å². The predicted octanol–water partition coefficient (Wildman–Crippen LogP) is 8.79. The summed E-state index contributed by atoms with van der Waals surface area (Å²) in [4.78, 5) is 0. The van der Waals surface area contributed by atoms with Crippen molar-refractivity contribution in [3.8, 4) is 5.75 Å². The van der Waals surface area contributed by atoms with Crippen LogP contribution >= 0.6 is 0 Å². The van der Waals surface area contributed by atoms with E-state index in [0.717, 1.165) is 17.5 Å². The van der Waals surface area contributed by atoms with E-state index in [9.17, 15) is 5.11 Å². The molecule has 1 fully saturated rings. The van der Waals surface area contributed by atoms with Gasteiger partial charge < -0.3 is 9.84 Å². The second-order valence-electron chi connectivity index (χ2n) is 11.0. The van der Waals surface area contributed by atoms with Gasteiger partial charge in [-0.25, -0.2) is 0 Å². The smallest absolute Gasteiger partial charge is 0.122 e. The molecular formula is C29H50O2. The van der Waals surface area contributed by atoms with E-state index in [1.165, 1.54) is 95.5 Å². The molecule has 2 nitrogen and oxygen atoms in total. The number of aromatic hydroxyl groups is 1. The Kier molecular flexibility index (Phi) is 11.4. The van der Waals surface area contributed by atoms with Gasteiger partial charge in [0, 0.05) is 6.42 Å². The molecule has 2 unspecified atom stereocenters. The maximum Gasteiger partial charge on any atom is 0.122 e. The van der Waals surface area contributed by atoms with E-state index in [4.69, 9.17) is 4.74 Å². The fourth-order valence-corrected chi connectivity index (χ4v) is 4.75. The Morgan fingerprint density at radius 2 is 1.29 bits per heavy atom. The monoisotopic (exact) mass is 430 g/mol. The molecular weight excluding hydrogens is 380 g/mol. The van der Waals surface area contributed by atoms with Crippen LogP contribution in [0.4, 0.5) is 0 Å². The molecule has 0 amide bonds. The van der Waals surface area contributed by atoms with Gasteiger partial charge in [-0.15, -0.1) is 0 Å². The summed E-state index contributed by atoms with van der Waals surface area (Å²) in [5.74, 6) is 0.455. The van der Waals surface area contributed by atoms with Crippen molar-refractivity contribution >= 4 is 0 Å². The number of aryl methyl sites for hydroxylation is 1. The molecule has 1 aliphatic heterocycles. The van der Waals surface area contributed by atoms with Crippen LogP contribution in [-0.4, -0.2) is 17.3 Å². The van der Waals surface area contributed by atoms with Gasteiger partial charge >= 0.3 is 0 Å². The number of benzene rings is 1. The highest BCUT2D eigenvalue weighted by atomic mass is 16.6. The van der Waals surface area contributed by atoms with Crippen molar-refractivity contribution in [2.45, 2.75) is 149 Å². The Bertz CT molecular complexity index is 628. The van der Waals surface area contributed by atoms with Crippen molar-refractivity contribution in [2.75, 3.05) is 0 Å². The summed E-state index contributed by atoms with van der Waals surface area (Å²) in [5.41, 5.74) is 3.30. The molecule has 1 aromatic carbocycles. The lowest BCUT2D eigenvalue weighted by atomic mass is 9.83. The van der Waals surface area contributed by atoms with Gasteiger partial charge in [-0.1, -0.05) is 123 Å². The van der Waals surface area contributed by atoms with Crippen LogP contribution in [0.1, 0.15) is 134 Å². The lowest BCUT2D eigenvalue weighted by Crippen LogP contribution is -2.13. The maximum absolute atomic E-state index is 10.4. The second kappa shape index (κ2) is 13.5. The highest BCUT2D eigenvalue weighted by molar-refractivity contribution is 5.46. The SMILES string of the molecule is CCCCCCCCCCCCCCCC1OC1Cc1cc(C)c(O)c(C(C)(C)C)c1. The fourth-order valence-electron chi connectivity index (χ4n) is 4.75. The van der Waals surface area contributed by atoms with Crippen LogP contribution in [0.5, 0.6) is 5.75 Å². The molecule has 2 heteroatoms. The highest BCUT2D eigenvalue weighted by Gasteiger charge is 2.38. The van der Waals surface area contributed by atoms with E-state index in [0.29, 0.717) is 18.0 Å². The fraction of sp³-hybridized carbons (Fsp3) is 0.793. The van der Waals surface area contributed by atoms with Crippen LogP contribution in [0.15, 0.2) is 12.1 Å². The third-order valence-electron chi connectivity index (χ3n) is 6.89. The molecule has 0 aliphatic carbocycles. The predicted molar refractivity (Wildman–Crippen MR) is 134 cm³/mol.